The number of carbonyl (C=O) groups excluding carboxylic acids is 1. The lowest BCUT2D eigenvalue weighted by molar-refractivity contribution is 0.0994. The van der Waals surface area contributed by atoms with Crippen molar-refractivity contribution in [2.45, 2.75) is 6.42 Å². The Kier molecular flexibility index (Phi) is 4.32. The Morgan fingerprint density at radius 1 is 1.20 bits per heavy atom. The smallest absolute Gasteiger partial charge is 0.255 e. The Morgan fingerprint density at radius 3 is 2.50 bits per heavy atom. The topological polar surface area (TPSA) is 72.6 Å². The van der Waals surface area contributed by atoms with Crippen molar-refractivity contribution in [3.05, 3.63) is 59.4 Å². The highest BCUT2D eigenvalue weighted by molar-refractivity contribution is 5.96. The van der Waals surface area contributed by atoms with E-state index in [4.69, 9.17) is 15.6 Å². The van der Waals surface area contributed by atoms with Gasteiger partial charge in [0.1, 0.15) is 22.9 Å². The van der Waals surface area contributed by atoms with Gasteiger partial charge in [-0.2, -0.15) is 0 Å². The molecular weight excluding hydrogens is 261 g/mol. The lowest BCUT2D eigenvalue weighted by Gasteiger charge is -2.10. The maximum Gasteiger partial charge on any atom is 0.255 e. The van der Waals surface area contributed by atoms with Crippen LogP contribution in [0.15, 0.2) is 42.5 Å². The molecule has 0 aromatic heterocycles. The van der Waals surface area contributed by atoms with Crippen LogP contribution < -0.4 is 10.5 Å². The van der Waals surface area contributed by atoms with E-state index in [1.165, 1.54) is 12.1 Å². The molecule has 0 aliphatic carbocycles. The van der Waals surface area contributed by atoms with Gasteiger partial charge in [0, 0.05) is 6.61 Å². The number of carbonyl (C=O) groups is 1. The standard InChI is InChI=1S/C15H14FNO3/c16-12-2-1-3-13(14(12)15(17)19)20-11-6-4-10(5-7-11)8-9-18/h1-7,18H,8-9H2,(H2,17,19). The molecule has 0 aliphatic rings. The summed E-state index contributed by atoms with van der Waals surface area (Å²) in [6, 6.07) is 11.0. The number of primary amides is 1. The van der Waals surface area contributed by atoms with Crippen LogP contribution in [0.5, 0.6) is 11.5 Å². The first-order valence-electron chi connectivity index (χ1n) is 6.08. The van der Waals surface area contributed by atoms with Crippen molar-refractivity contribution in [1.29, 1.82) is 0 Å². The molecule has 4 nitrogen and oxygen atoms in total. The Morgan fingerprint density at radius 2 is 1.90 bits per heavy atom. The second-order valence-corrected chi connectivity index (χ2v) is 4.20. The average molecular weight is 275 g/mol. The third kappa shape index (κ3) is 3.13. The van der Waals surface area contributed by atoms with Gasteiger partial charge in [-0.25, -0.2) is 4.39 Å². The van der Waals surface area contributed by atoms with Crippen molar-refractivity contribution in [3.63, 3.8) is 0 Å². The molecule has 2 rings (SSSR count). The van der Waals surface area contributed by atoms with Gasteiger partial charge < -0.3 is 15.6 Å². The maximum absolute atomic E-state index is 13.6. The van der Waals surface area contributed by atoms with Gasteiger partial charge in [-0.1, -0.05) is 18.2 Å². The van der Waals surface area contributed by atoms with Gasteiger partial charge in [0.15, 0.2) is 0 Å². The Balaban J connectivity index is 2.26. The van der Waals surface area contributed by atoms with Gasteiger partial charge in [-0.15, -0.1) is 0 Å². The highest BCUT2D eigenvalue weighted by Gasteiger charge is 2.15. The minimum Gasteiger partial charge on any atom is -0.456 e. The number of benzene rings is 2. The molecule has 0 bridgehead atoms. The van der Waals surface area contributed by atoms with E-state index in [0.717, 1.165) is 11.6 Å². The lowest BCUT2D eigenvalue weighted by Crippen LogP contribution is -2.14. The molecule has 2 aromatic rings. The van der Waals surface area contributed by atoms with Gasteiger partial charge in [0.25, 0.3) is 5.91 Å². The average Bonchev–Trinajstić information content (AvgIpc) is 2.41. The van der Waals surface area contributed by atoms with E-state index in [9.17, 15) is 9.18 Å². The number of ether oxygens (including phenoxy) is 1. The zero-order valence-corrected chi connectivity index (χ0v) is 10.7. The Labute approximate surface area is 115 Å². The van der Waals surface area contributed by atoms with Crippen LogP contribution in [0.1, 0.15) is 15.9 Å². The first-order chi connectivity index (χ1) is 9.61. The number of halogens is 1. The fourth-order valence-corrected chi connectivity index (χ4v) is 1.81. The number of amides is 1. The molecule has 20 heavy (non-hydrogen) atoms. The third-order valence-electron chi connectivity index (χ3n) is 2.77. The van der Waals surface area contributed by atoms with Crippen LogP contribution in [0.2, 0.25) is 0 Å². The van der Waals surface area contributed by atoms with E-state index >= 15 is 0 Å². The van der Waals surface area contributed by atoms with E-state index in [-0.39, 0.29) is 17.9 Å². The van der Waals surface area contributed by atoms with Crippen LogP contribution in [-0.4, -0.2) is 17.6 Å². The van der Waals surface area contributed by atoms with Crippen molar-refractivity contribution < 1.29 is 19.0 Å². The molecule has 1 amide bonds. The predicted molar refractivity (Wildman–Crippen MR) is 72.2 cm³/mol. The van der Waals surface area contributed by atoms with Crippen molar-refractivity contribution in [2.24, 2.45) is 5.73 Å². The van der Waals surface area contributed by atoms with Crippen LogP contribution in [0.3, 0.4) is 0 Å². The normalized spacial score (nSPS) is 10.3. The van der Waals surface area contributed by atoms with Gasteiger partial charge in [-0.05, 0) is 36.2 Å². The Bertz CT molecular complexity index is 611. The van der Waals surface area contributed by atoms with Gasteiger partial charge >= 0.3 is 0 Å². The molecule has 3 N–H and O–H groups in total. The minimum absolute atomic E-state index is 0.0654. The summed E-state index contributed by atoms with van der Waals surface area (Å²) < 4.78 is 19.0. The highest BCUT2D eigenvalue weighted by Crippen LogP contribution is 2.27. The number of aliphatic hydroxyl groups is 1. The maximum atomic E-state index is 13.6. The number of aliphatic hydroxyl groups excluding tert-OH is 1. The minimum atomic E-state index is -0.880. The summed E-state index contributed by atoms with van der Waals surface area (Å²) in [5.41, 5.74) is 5.83. The van der Waals surface area contributed by atoms with Crippen LogP contribution >= 0.6 is 0 Å². The first kappa shape index (κ1) is 14.0. The van der Waals surface area contributed by atoms with Crippen molar-refractivity contribution in [2.75, 3.05) is 6.61 Å². The predicted octanol–water partition coefficient (Wildman–Crippen LogP) is 2.25. The molecule has 0 heterocycles. The summed E-state index contributed by atoms with van der Waals surface area (Å²) in [7, 11) is 0. The van der Waals surface area contributed by atoms with E-state index in [0.29, 0.717) is 12.2 Å². The van der Waals surface area contributed by atoms with E-state index in [1.54, 1.807) is 24.3 Å². The van der Waals surface area contributed by atoms with E-state index in [2.05, 4.69) is 0 Å². The summed E-state index contributed by atoms with van der Waals surface area (Å²) in [5, 5.41) is 8.83. The van der Waals surface area contributed by atoms with E-state index < -0.39 is 11.7 Å². The number of hydrogen-bond acceptors (Lipinski definition) is 3. The zero-order valence-electron chi connectivity index (χ0n) is 10.7. The van der Waals surface area contributed by atoms with Crippen LogP contribution in [-0.2, 0) is 6.42 Å². The second-order valence-electron chi connectivity index (χ2n) is 4.20. The molecule has 5 heteroatoms. The molecule has 0 unspecified atom stereocenters. The summed E-state index contributed by atoms with van der Waals surface area (Å²) in [6.45, 7) is 0.0654. The summed E-state index contributed by atoms with van der Waals surface area (Å²) in [5.74, 6) is -1.06. The van der Waals surface area contributed by atoms with Crippen molar-refractivity contribution in [3.8, 4) is 11.5 Å². The summed E-state index contributed by atoms with van der Waals surface area (Å²) >= 11 is 0. The van der Waals surface area contributed by atoms with Crippen LogP contribution in [0.4, 0.5) is 4.39 Å². The molecule has 0 radical (unpaired) electrons. The molecule has 0 atom stereocenters. The first-order valence-corrected chi connectivity index (χ1v) is 6.08. The number of rotatable bonds is 5. The highest BCUT2D eigenvalue weighted by atomic mass is 19.1. The molecule has 0 saturated carbocycles. The molecule has 104 valence electrons. The Hall–Kier alpha value is -2.40. The van der Waals surface area contributed by atoms with E-state index in [1.807, 2.05) is 0 Å². The number of nitrogens with two attached hydrogens (primary N) is 1. The van der Waals surface area contributed by atoms with Gasteiger partial charge in [-0.3, -0.25) is 4.79 Å². The summed E-state index contributed by atoms with van der Waals surface area (Å²) in [4.78, 5) is 11.2. The molecule has 0 aliphatic heterocycles. The lowest BCUT2D eigenvalue weighted by atomic mass is 10.1. The molecule has 0 fully saturated rings. The SMILES string of the molecule is NC(=O)c1c(F)cccc1Oc1ccc(CCO)cc1. The zero-order chi connectivity index (χ0) is 14.5. The van der Waals surface area contributed by atoms with Gasteiger partial charge in [0.2, 0.25) is 0 Å². The molecule has 0 spiro atoms. The van der Waals surface area contributed by atoms with Crippen molar-refractivity contribution in [1.82, 2.24) is 0 Å². The third-order valence-corrected chi connectivity index (χ3v) is 2.77. The quantitative estimate of drug-likeness (QED) is 0.879. The second kappa shape index (κ2) is 6.16. The fraction of sp³-hybridized carbons (Fsp3) is 0.133. The largest absolute Gasteiger partial charge is 0.456 e. The summed E-state index contributed by atoms with van der Waals surface area (Å²) in [6.07, 6.45) is 0.548. The van der Waals surface area contributed by atoms with Crippen molar-refractivity contribution >= 4 is 5.91 Å². The monoisotopic (exact) mass is 275 g/mol. The number of hydrogen-bond donors (Lipinski definition) is 2. The van der Waals surface area contributed by atoms with Gasteiger partial charge in [0.05, 0.1) is 0 Å². The molecule has 2 aromatic carbocycles. The molecule has 0 saturated heterocycles. The molecular formula is C15H14FNO3. The van der Waals surface area contributed by atoms with Crippen LogP contribution in [0, 0.1) is 5.82 Å². The van der Waals surface area contributed by atoms with Crippen LogP contribution in [0.25, 0.3) is 0 Å². The fourth-order valence-electron chi connectivity index (χ4n) is 1.81.